The highest BCUT2D eigenvalue weighted by atomic mass is 16.6. The molecule has 17 heavy (non-hydrogen) atoms. The van der Waals surface area contributed by atoms with E-state index in [1.165, 1.54) is 12.1 Å². The molecule has 0 aliphatic rings. The van der Waals surface area contributed by atoms with E-state index in [9.17, 15) is 14.9 Å². The predicted molar refractivity (Wildman–Crippen MR) is 63.4 cm³/mol. The lowest BCUT2D eigenvalue weighted by Gasteiger charge is -2.07. The van der Waals surface area contributed by atoms with Crippen molar-refractivity contribution in [3.63, 3.8) is 0 Å². The second kappa shape index (κ2) is 5.11. The first kappa shape index (κ1) is 12.7. The fourth-order valence-electron chi connectivity index (χ4n) is 1.21. The molecule has 0 fully saturated rings. The molecule has 0 spiro atoms. The number of rotatable bonds is 5. The summed E-state index contributed by atoms with van der Waals surface area (Å²) >= 11 is 0. The van der Waals surface area contributed by atoms with Crippen LogP contribution in [0.5, 0.6) is 0 Å². The number of carbonyl (C=O) groups is 1. The Morgan fingerprint density at radius 1 is 1.59 bits per heavy atom. The molecule has 0 saturated heterocycles. The van der Waals surface area contributed by atoms with Crippen LogP contribution in [0.3, 0.4) is 0 Å². The lowest BCUT2D eigenvalue weighted by atomic mass is 10.1. The second-order valence-electron chi connectivity index (χ2n) is 3.60. The minimum absolute atomic E-state index is 0.113. The van der Waals surface area contributed by atoms with Gasteiger partial charge in [0.25, 0.3) is 5.69 Å². The number of hydrogen-bond donors (Lipinski definition) is 2. The van der Waals surface area contributed by atoms with Crippen LogP contribution in [0.15, 0.2) is 30.4 Å². The minimum atomic E-state index is -1.19. The van der Waals surface area contributed by atoms with E-state index in [2.05, 4.69) is 11.9 Å². The number of nitro benzene ring substituents is 1. The van der Waals surface area contributed by atoms with Crippen molar-refractivity contribution >= 4 is 17.3 Å². The topological polar surface area (TPSA) is 92.5 Å². The molecule has 0 bridgehead atoms. The van der Waals surface area contributed by atoms with Gasteiger partial charge in [0.1, 0.15) is 5.69 Å². The largest absolute Gasteiger partial charge is 0.478 e. The summed E-state index contributed by atoms with van der Waals surface area (Å²) in [5.74, 6) is -1.19. The summed E-state index contributed by atoms with van der Waals surface area (Å²) < 4.78 is 0. The highest BCUT2D eigenvalue weighted by molar-refractivity contribution is 5.89. The van der Waals surface area contributed by atoms with Gasteiger partial charge in [-0.1, -0.05) is 12.2 Å². The standard InChI is InChI=1S/C11H12N2O4/c1-7(2)6-12-9-4-3-8(11(14)15)5-10(9)13(16)17/h3-5,12H,1,6H2,2H3,(H,14,15). The Kier molecular flexibility index (Phi) is 3.82. The van der Waals surface area contributed by atoms with Gasteiger partial charge in [0.05, 0.1) is 10.5 Å². The number of anilines is 1. The first-order valence-electron chi connectivity index (χ1n) is 4.82. The maximum absolute atomic E-state index is 10.8. The number of hydrogen-bond acceptors (Lipinski definition) is 4. The van der Waals surface area contributed by atoms with E-state index in [1.54, 1.807) is 6.92 Å². The van der Waals surface area contributed by atoms with E-state index in [-0.39, 0.29) is 16.9 Å². The van der Waals surface area contributed by atoms with E-state index in [0.29, 0.717) is 6.54 Å². The van der Waals surface area contributed by atoms with Crippen molar-refractivity contribution in [1.82, 2.24) is 0 Å². The highest BCUT2D eigenvalue weighted by Crippen LogP contribution is 2.25. The Morgan fingerprint density at radius 2 is 2.24 bits per heavy atom. The Labute approximate surface area is 97.7 Å². The van der Waals surface area contributed by atoms with Crippen molar-refractivity contribution in [2.45, 2.75) is 6.92 Å². The van der Waals surface area contributed by atoms with Crippen LogP contribution in [0.2, 0.25) is 0 Å². The average Bonchev–Trinajstić information content (AvgIpc) is 2.25. The third-order valence-corrected chi connectivity index (χ3v) is 2.02. The van der Waals surface area contributed by atoms with Crippen LogP contribution in [0.25, 0.3) is 0 Å². The van der Waals surface area contributed by atoms with E-state index < -0.39 is 10.9 Å². The normalized spacial score (nSPS) is 9.71. The molecule has 6 nitrogen and oxygen atoms in total. The van der Waals surface area contributed by atoms with Crippen molar-refractivity contribution in [2.75, 3.05) is 11.9 Å². The Balaban J connectivity index is 3.08. The van der Waals surface area contributed by atoms with Crippen LogP contribution in [0, 0.1) is 10.1 Å². The average molecular weight is 236 g/mol. The molecule has 6 heteroatoms. The molecule has 0 saturated carbocycles. The smallest absolute Gasteiger partial charge is 0.335 e. The van der Waals surface area contributed by atoms with Crippen molar-refractivity contribution in [2.24, 2.45) is 0 Å². The fraction of sp³-hybridized carbons (Fsp3) is 0.182. The summed E-state index contributed by atoms with van der Waals surface area (Å²) in [5, 5.41) is 22.4. The molecule has 90 valence electrons. The number of nitrogens with zero attached hydrogens (tertiary/aromatic N) is 1. The molecule has 0 amide bonds. The maximum atomic E-state index is 10.8. The van der Waals surface area contributed by atoms with Crippen LogP contribution in [0.4, 0.5) is 11.4 Å². The molecular formula is C11H12N2O4. The van der Waals surface area contributed by atoms with E-state index in [1.807, 2.05) is 0 Å². The third-order valence-electron chi connectivity index (χ3n) is 2.02. The monoisotopic (exact) mass is 236 g/mol. The number of nitro groups is 1. The molecule has 0 aliphatic heterocycles. The summed E-state index contributed by atoms with van der Waals surface area (Å²) in [5.41, 5.74) is 0.730. The van der Waals surface area contributed by atoms with Crippen LogP contribution in [-0.2, 0) is 0 Å². The molecule has 1 aromatic rings. The van der Waals surface area contributed by atoms with Gasteiger partial charge in [0.2, 0.25) is 0 Å². The summed E-state index contributed by atoms with van der Waals surface area (Å²) in [7, 11) is 0. The van der Waals surface area contributed by atoms with Gasteiger partial charge in [-0.15, -0.1) is 0 Å². The van der Waals surface area contributed by atoms with Gasteiger partial charge in [-0.05, 0) is 19.1 Å². The lowest BCUT2D eigenvalue weighted by molar-refractivity contribution is -0.384. The molecule has 0 heterocycles. The number of benzene rings is 1. The van der Waals surface area contributed by atoms with Gasteiger partial charge in [0, 0.05) is 12.6 Å². The molecule has 1 rings (SSSR count). The molecule has 2 N–H and O–H groups in total. The maximum Gasteiger partial charge on any atom is 0.335 e. The summed E-state index contributed by atoms with van der Waals surface area (Å²) in [6, 6.07) is 3.73. The zero-order valence-electron chi connectivity index (χ0n) is 9.27. The molecule has 0 atom stereocenters. The Hall–Kier alpha value is -2.37. The molecule has 0 radical (unpaired) electrons. The van der Waals surface area contributed by atoms with Crippen molar-refractivity contribution in [3.8, 4) is 0 Å². The van der Waals surface area contributed by atoms with Crippen molar-refractivity contribution in [3.05, 3.63) is 46.0 Å². The number of carboxylic acids is 1. The van der Waals surface area contributed by atoms with Crippen LogP contribution in [0.1, 0.15) is 17.3 Å². The Bertz CT molecular complexity index is 482. The summed E-state index contributed by atoms with van der Waals surface area (Å²) in [4.78, 5) is 20.9. The van der Waals surface area contributed by atoms with Crippen LogP contribution >= 0.6 is 0 Å². The highest BCUT2D eigenvalue weighted by Gasteiger charge is 2.16. The molecule has 0 unspecified atom stereocenters. The third kappa shape index (κ3) is 3.30. The number of nitrogens with one attached hydrogen (secondary N) is 1. The van der Waals surface area contributed by atoms with Gasteiger partial charge in [-0.25, -0.2) is 4.79 Å². The summed E-state index contributed by atoms with van der Waals surface area (Å²) in [6.07, 6.45) is 0. The van der Waals surface area contributed by atoms with Gasteiger partial charge in [-0.2, -0.15) is 0 Å². The van der Waals surface area contributed by atoms with E-state index in [4.69, 9.17) is 5.11 Å². The lowest BCUT2D eigenvalue weighted by Crippen LogP contribution is -2.06. The van der Waals surface area contributed by atoms with Gasteiger partial charge in [-0.3, -0.25) is 10.1 Å². The number of aromatic carboxylic acids is 1. The second-order valence-corrected chi connectivity index (χ2v) is 3.60. The van der Waals surface area contributed by atoms with Gasteiger partial charge >= 0.3 is 5.97 Å². The Morgan fingerprint density at radius 3 is 2.71 bits per heavy atom. The number of carboxylic acid groups (broad SMARTS) is 1. The van der Waals surface area contributed by atoms with Crippen LogP contribution in [-0.4, -0.2) is 22.5 Å². The van der Waals surface area contributed by atoms with E-state index in [0.717, 1.165) is 11.6 Å². The molecule has 0 aromatic heterocycles. The zero-order chi connectivity index (χ0) is 13.0. The first-order chi connectivity index (χ1) is 7.91. The van der Waals surface area contributed by atoms with E-state index >= 15 is 0 Å². The fourth-order valence-corrected chi connectivity index (χ4v) is 1.21. The van der Waals surface area contributed by atoms with Crippen molar-refractivity contribution in [1.29, 1.82) is 0 Å². The SMILES string of the molecule is C=C(C)CNc1ccc(C(=O)O)cc1[N+](=O)[O-]. The van der Waals surface area contributed by atoms with Gasteiger partial charge < -0.3 is 10.4 Å². The molecular weight excluding hydrogens is 224 g/mol. The molecule has 1 aromatic carbocycles. The molecule has 0 aliphatic carbocycles. The zero-order valence-corrected chi connectivity index (χ0v) is 9.27. The predicted octanol–water partition coefficient (Wildman–Crippen LogP) is 2.28. The van der Waals surface area contributed by atoms with Crippen molar-refractivity contribution < 1.29 is 14.8 Å². The van der Waals surface area contributed by atoms with Crippen LogP contribution < -0.4 is 5.32 Å². The summed E-state index contributed by atoms with van der Waals surface area (Å²) in [6.45, 7) is 5.84. The quantitative estimate of drug-likeness (QED) is 0.464. The van der Waals surface area contributed by atoms with Gasteiger partial charge in [0.15, 0.2) is 0 Å². The minimum Gasteiger partial charge on any atom is -0.478 e. The first-order valence-corrected chi connectivity index (χ1v) is 4.82.